The maximum absolute atomic E-state index is 6.23. The summed E-state index contributed by atoms with van der Waals surface area (Å²) in [4.78, 5) is 5.21. The third-order valence-electron chi connectivity index (χ3n) is 2.74. The molecule has 2 N–H and O–H groups in total. The van der Waals surface area contributed by atoms with E-state index >= 15 is 0 Å². The van der Waals surface area contributed by atoms with Gasteiger partial charge in [0.15, 0.2) is 0 Å². The number of rotatable bonds is 5. The summed E-state index contributed by atoms with van der Waals surface area (Å²) in [6, 6.07) is 5.53. The molecular weight excluding hydrogens is 248 g/mol. The molecule has 0 radical (unpaired) electrons. The summed E-state index contributed by atoms with van der Waals surface area (Å²) in [5.74, 6) is 1.57. The third-order valence-corrected chi connectivity index (χ3v) is 3.54. The fourth-order valence-corrected chi connectivity index (χ4v) is 2.45. The molecule has 0 bridgehead atoms. The predicted octanol–water partition coefficient (Wildman–Crippen LogP) is 2.40. The molecule has 5 heteroatoms. The Morgan fingerprint density at radius 2 is 2.17 bits per heavy atom. The van der Waals surface area contributed by atoms with Crippen LogP contribution in [0.15, 0.2) is 29.9 Å². The SMILES string of the molecule is COc1ccc(OC)c(C(N)Cc2cncs2)c1. The van der Waals surface area contributed by atoms with Crippen molar-refractivity contribution in [2.45, 2.75) is 12.5 Å². The van der Waals surface area contributed by atoms with Crippen LogP contribution in [0.4, 0.5) is 0 Å². The fourth-order valence-electron chi connectivity index (χ4n) is 1.80. The van der Waals surface area contributed by atoms with E-state index in [1.54, 1.807) is 25.6 Å². The van der Waals surface area contributed by atoms with E-state index in [1.807, 2.05) is 29.9 Å². The Kier molecular flexibility index (Phi) is 4.17. The Morgan fingerprint density at radius 1 is 1.33 bits per heavy atom. The highest BCUT2D eigenvalue weighted by atomic mass is 32.1. The molecule has 0 aliphatic carbocycles. The van der Waals surface area contributed by atoms with Gasteiger partial charge in [-0.15, -0.1) is 11.3 Å². The molecule has 1 heterocycles. The van der Waals surface area contributed by atoms with Crippen LogP contribution >= 0.6 is 11.3 Å². The van der Waals surface area contributed by atoms with Crippen LogP contribution in [0.5, 0.6) is 11.5 Å². The molecule has 96 valence electrons. The van der Waals surface area contributed by atoms with Crippen molar-refractivity contribution in [3.05, 3.63) is 40.3 Å². The lowest BCUT2D eigenvalue weighted by molar-refractivity contribution is 0.395. The standard InChI is InChI=1S/C13H16N2O2S/c1-16-9-3-4-13(17-2)11(5-9)12(14)6-10-7-15-8-18-10/h3-5,7-8,12H,6,14H2,1-2H3. The van der Waals surface area contributed by atoms with Crippen LogP contribution in [0.25, 0.3) is 0 Å². The summed E-state index contributed by atoms with van der Waals surface area (Å²) in [7, 11) is 3.28. The number of nitrogens with two attached hydrogens (primary N) is 1. The van der Waals surface area contributed by atoms with Gasteiger partial charge in [0.1, 0.15) is 11.5 Å². The van der Waals surface area contributed by atoms with Crippen molar-refractivity contribution in [2.75, 3.05) is 14.2 Å². The van der Waals surface area contributed by atoms with E-state index in [1.165, 1.54) is 0 Å². The molecule has 18 heavy (non-hydrogen) atoms. The number of ether oxygens (including phenoxy) is 2. The van der Waals surface area contributed by atoms with Gasteiger partial charge >= 0.3 is 0 Å². The van der Waals surface area contributed by atoms with Gasteiger partial charge < -0.3 is 15.2 Å². The second-order valence-corrected chi connectivity index (χ2v) is 4.86. The Balaban J connectivity index is 2.24. The Bertz CT molecular complexity index is 500. The number of nitrogens with zero attached hydrogens (tertiary/aromatic N) is 1. The number of methoxy groups -OCH3 is 2. The first kappa shape index (κ1) is 12.9. The third kappa shape index (κ3) is 2.80. The van der Waals surface area contributed by atoms with E-state index in [0.717, 1.165) is 28.4 Å². The number of benzene rings is 1. The molecule has 2 aromatic rings. The predicted molar refractivity (Wildman–Crippen MR) is 72.3 cm³/mol. The highest BCUT2D eigenvalue weighted by Crippen LogP contribution is 2.30. The summed E-state index contributed by atoms with van der Waals surface area (Å²) < 4.78 is 10.6. The maximum atomic E-state index is 6.23. The quantitative estimate of drug-likeness (QED) is 0.901. The van der Waals surface area contributed by atoms with Crippen LogP contribution in [0, 0.1) is 0 Å². The lowest BCUT2D eigenvalue weighted by Gasteiger charge is -2.16. The Morgan fingerprint density at radius 3 is 2.78 bits per heavy atom. The van der Waals surface area contributed by atoms with Gasteiger partial charge in [-0.1, -0.05) is 0 Å². The van der Waals surface area contributed by atoms with Gasteiger partial charge in [-0.25, -0.2) is 0 Å². The highest BCUT2D eigenvalue weighted by molar-refractivity contribution is 7.09. The zero-order chi connectivity index (χ0) is 13.0. The second kappa shape index (κ2) is 5.84. The van der Waals surface area contributed by atoms with E-state index in [4.69, 9.17) is 15.2 Å². The molecule has 0 saturated carbocycles. The monoisotopic (exact) mass is 264 g/mol. The summed E-state index contributed by atoms with van der Waals surface area (Å²) in [6.45, 7) is 0. The lowest BCUT2D eigenvalue weighted by atomic mass is 10.0. The van der Waals surface area contributed by atoms with E-state index in [9.17, 15) is 0 Å². The fraction of sp³-hybridized carbons (Fsp3) is 0.308. The van der Waals surface area contributed by atoms with E-state index in [2.05, 4.69) is 4.98 Å². The highest BCUT2D eigenvalue weighted by Gasteiger charge is 2.14. The van der Waals surface area contributed by atoms with Gasteiger partial charge in [0.2, 0.25) is 0 Å². The van der Waals surface area contributed by atoms with Crippen molar-refractivity contribution >= 4 is 11.3 Å². The van der Waals surface area contributed by atoms with E-state index < -0.39 is 0 Å². The average Bonchev–Trinajstić information content (AvgIpc) is 2.90. The van der Waals surface area contributed by atoms with E-state index in [0.29, 0.717) is 0 Å². The Hall–Kier alpha value is -1.59. The summed E-state index contributed by atoms with van der Waals surface area (Å²) in [5, 5.41) is 0. The van der Waals surface area contributed by atoms with Crippen molar-refractivity contribution in [3.63, 3.8) is 0 Å². The number of hydrogen-bond donors (Lipinski definition) is 1. The molecular formula is C13H16N2O2S. The number of thiazole rings is 1. The largest absolute Gasteiger partial charge is 0.497 e. The minimum Gasteiger partial charge on any atom is -0.497 e. The van der Waals surface area contributed by atoms with Crippen LogP contribution in [0.1, 0.15) is 16.5 Å². The lowest BCUT2D eigenvalue weighted by Crippen LogP contribution is -2.14. The van der Waals surface area contributed by atoms with Crippen LogP contribution in [-0.2, 0) is 6.42 Å². The molecule has 1 atom stereocenters. The van der Waals surface area contributed by atoms with Crippen molar-refractivity contribution in [1.82, 2.24) is 4.98 Å². The average molecular weight is 264 g/mol. The minimum absolute atomic E-state index is 0.129. The van der Waals surface area contributed by atoms with Crippen LogP contribution in [0.2, 0.25) is 0 Å². The van der Waals surface area contributed by atoms with E-state index in [-0.39, 0.29) is 6.04 Å². The molecule has 1 aromatic carbocycles. The first-order valence-electron chi connectivity index (χ1n) is 5.59. The molecule has 1 aromatic heterocycles. The molecule has 0 aliphatic rings. The summed E-state index contributed by atoms with van der Waals surface area (Å²) in [5.41, 5.74) is 8.99. The van der Waals surface area contributed by atoms with Gasteiger partial charge in [0.25, 0.3) is 0 Å². The summed E-state index contributed by atoms with van der Waals surface area (Å²) >= 11 is 1.61. The van der Waals surface area contributed by atoms with Crippen molar-refractivity contribution < 1.29 is 9.47 Å². The molecule has 0 amide bonds. The van der Waals surface area contributed by atoms with Crippen LogP contribution in [0.3, 0.4) is 0 Å². The molecule has 4 nitrogen and oxygen atoms in total. The zero-order valence-corrected chi connectivity index (χ0v) is 11.2. The van der Waals surface area contributed by atoms with Gasteiger partial charge in [-0.3, -0.25) is 4.98 Å². The zero-order valence-electron chi connectivity index (χ0n) is 10.4. The molecule has 2 rings (SSSR count). The minimum atomic E-state index is -0.129. The molecule has 0 aliphatic heterocycles. The second-order valence-electron chi connectivity index (χ2n) is 3.89. The number of hydrogen-bond acceptors (Lipinski definition) is 5. The first-order valence-corrected chi connectivity index (χ1v) is 6.47. The van der Waals surface area contributed by atoms with Crippen LogP contribution < -0.4 is 15.2 Å². The Labute approximate surface area is 110 Å². The smallest absolute Gasteiger partial charge is 0.123 e. The molecule has 0 spiro atoms. The molecule has 0 fully saturated rings. The topological polar surface area (TPSA) is 57.4 Å². The van der Waals surface area contributed by atoms with Crippen LogP contribution in [-0.4, -0.2) is 19.2 Å². The van der Waals surface area contributed by atoms with Gasteiger partial charge in [-0.05, 0) is 18.2 Å². The molecule has 0 saturated heterocycles. The van der Waals surface area contributed by atoms with Gasteiger partial charge in [0, 0.05) is 29.1 Å². The maximum Gasteiger partial charge on any atom is 0.123 e. The normalized spacial score (nSPS) is 12.2. The first-order chi connectivity index (χ1) is 8.74. The number of aromatic nitrogens is 1. The van der Waals surface area contributed by atoms with Crippen molar-refractivity contribution in [3.8, 4) is 11.5 Å². The van der Waals surface area contributed by atoms with Gasteiger partial charge in [-0.2, -0.15) is 0 Å². The van der Waals surface area contributed by atoms with Gasteiger partial charge in [0.05, 0.1) is 19.7 Å². The molecule has 1 unspecified atom stereocenters. The summed E-state index contributed by atoms with van der Waals surface area (Å²) in [6.07, 6.45) is 2.59. The van der Waals surface area contributed by atoms with Crippen molar-refractivity contribution in [1.29, 1.82) is 0 Å². The van der Waals surface area contributed by atoms with Crippen molar-refractivity contribution in [2.24, 2.45) is 5.73 Å².